The molecule has 0 saturated heterocycles. The average molecular weight is 221 g/mol. The van der Waals surface area contributed by atoms with E-state index in [1.165, 1.54) is 0 Å². The lowest BCUT2D eigenvalue weighted by molar-refractivity contribution is -0.146. The quantitative estimate of drug-likeness (QED) is 0.541. The Bertz CT molecular complexity index is 349. The van der Waals surface area contributed by atoms with Crippen LogP contribution < -0.4 is 0 Å². The Kier molecular flexibility index (Phi) is 3.74. The first kappa shape index (κ1) is 12.8. The van der Waals surface area contributed by atoms with Gasteiger partial charge in [0.25, 0.3) is 0 Å². The molecule has 88 valence electrons. The van der Waals surface area contributed by atoms with Gasteiger partial charge in [0.05, 0.1) is 18.6 Å². The van der Waals surface area contributed by atoms with Crippen molar-refractivity contribution in [1.29, 1.82) is 5.26 Å². The second-order valence-electron chi connectivity index (χ2n) is 4.95. The largest absolute Gasteiger partial charge is 0.465 e. The van der Waals surface area contributed by atoms with Gasteiger partial charge in [-0.2, -0.15) is 5.26 Å². The van der Waals surface area contributed by atoms with Gasteiger partial charge in [-0.05, 0) is 24.7 Å². The van der Waals surface area contributed by atoms with Gasteiger partial charge < -0.3 is 4.74 Å². The lowest BCUT2D eigenvalue weighted by Gasteiger charge is -2.03. The van der Waals surface area contributed by atoms with Gasteiger partial charge >= 0.3 is 5.97 Å². The standard InChI is InChI=1S/C13H19NO2/c1-5-6-16-12(15)11-10(13(11,3)4)7-9(2)8-14/h7,10-11H,5-6H2,1-4H3/b9-7+. The molecular formula is C13H19NO2. The van der Waals surface area contributed by atoms with E-state index in [1.54, 1.807) is 6.92 Å². The lowest BCUT2D eigenvalue weighted by Crippen LogP contribution is -2.11. The molecule has 16 heavy (non-hydrogen) atoms. The van der Waals surface area contributed by atoms with Crippen LogP contribution >= 0.6 is 0 Å². The lowest BCUT2D eigenvalue weighted by atomic mass is 10.1. The SMILES string of the molecule is CCCOC(=O)C1C(/C=C(\C)C#N)C1(C)C. The first-order valence-electron chi connectivity index (χ1n) is 5.70. The minimum atomic E-state index is -0.126. The van der Waals surface area contributed by atoms with Gasteiger partial charge in [-0.1, -0.05) is 26.8 Å². The molecule has 0 N–H and O–H groups in total. The van der Waals surface area contributed by atoms with Crippen LogP contribution in [0, 0.1) is 28.6 Å². The summed E-state index contributed by atoms with van der Waals surface area (Å²) in [6.07, 6.45) is 2.73. The number of nitriles is 1. The smallest absolute Gasteiger partial charge is 0.310 e. The molecule has 3 heteroatoms. The molecule has 0 aromatic rings. The van der Waals surface area contributed by atoms with Crippen molar-refractivity contribution in [2.75, 3.05) is 6.61 Å². The molecule has 0 bridgehead atoms. The van der Waals surface area contributed by atoms with Gasteiger partial charge in [0.1, 0.15) is 0 Å². The molecule has 0 heterocycles. The molecule has 0 amide bonds. The fourth-order valence-corrected chi connectivity index (χ4v) is 2.04. The summed E-state index contributed by atoms with van der Waals surface area (Å²) in [5, 5.41) is 8.71. The predicted molar refractivity (Wildman–Crippen MR) is 61.4 cm³/mol. The van der Waals surface area contributed by atoms with Crippen LogP contribution in [0.2, 0.25) is 0 Å². The molecule has 1 rings (SSSR count). The van der Waals surface area contributed by atoms with Crippen molar-refractivity contribution in [2.45, 2.75) is 34.1 Å². The second kappa shape index (κ2) is 4.69. The third-order valence-corrected chi connectivity index (χ3v) is 3.22. The van der Waals surface area contributed by atoms with Crippen LogP contribution in [0.5, 0.6) is 0 Å². The van der Waals surface area contributed by atoms with Crippen LogP contribution in [-0.2, 0) is 9.53 Å². The first-order chi connectivity index (χ1) is 7.45. The summed E-state index contributed by atoms with van der Waals surface area (Å²) in [7, 11) is 0. The normalized spacial score (nSPS) is 27.1. The maximum Gasteiger partial charge on any atom is 0.310 e. The van der Waals surface area contributed by atoms with Gasteiger partial charge in [0, 0.05) is 5.57 Å². The highest BCUT2D eigenvalue weighted by Gasteiger charge is 2.61. The maximum absolute atomic E-state index is 11.7. The van der Waals surface area contributed by atoms with Crippen LogP contribution in [0.1, 0.15) is 34.1 Å². The zero-order chi connectivity index (χ0) is 12.3. The van der Waals surface area contributed by atoms with Crippen molar-refractivity contribution < 1.29 is 9.53 Å². The molecule has 2 atom stereocenters. The molecule has 0 radical (unpaired) electrons. The van der Waals surface area contributed by atoms with Crippen LogP contribution in [-0.4, -0.2) is 12.6 Å². The second-order valence-corrected chi connectivity index (χ2v) is 4.95. The van der Waals surface area contributed by atoms with Crippen LogP contribution in [0.25, 0.3) is 0 Å². The summed E-state index contributed by atoms with van der Waals surface area (Å²) >= 11 is 0. The van der Waals surface area contributed by atoms with E-state index in [9.17, 15) is 4.79 Å². The summed E-state index contributed by atoms with van der Waals surface area (Å²) in [5.41, 5.74) is 0.604. The van der Waals surface area contributed by atoms with Crippen molar-refractivity contribution in [3.05, 3.63) is 11.6 Å². The third kappa shape index (κ3) is 2.44. The molecule has 2 unspecified atom stereocenters. The molecule has 0 aromatic heterocycles. The number of esters is 1. The average Bonchev–Trinajstić information content (AvgIpc) is 2.77. The Morgan fingerprint density at radius 3 is 2.69 bits per heavy atom. The molecule has 0 aliphatic heterocycles. The Morgan fingerprint density at radius 2 is 2.19 bits per heavy atom. The molecule has 3 nitrogen and oxygen atoms in total. The van der Waals surface area contributed by atoms with E-state index in [4.69, 9.17) is 10.00 Å². The van der Waals surface area contributed by atoms with Gasteiger partial charge in [-0.3, -0.25) is 4.79 Å². The van der Waals surface area contributed by atoms with Crippen LogP contribution in [0.4, 0.5) is 0 Å². The zero-order valence-electron chi connectivity index (χ0n) is 10.4. The molecular weight excluding hydrogens is 202 g/mol. The number of rotatable bonds is 4. The fraction of sp³-hybridized carbons (Fsp3) is 0.692. The number of ether oxygens (including phenoxy) is 1. The van der Waals surface area contributed by atoms with E-state index < -0.39 is 0 Å². The molecule has 0 spiro atoms. The predicted octanol–water partition coefficient (Wildman–Crippen LogP) is 2.68. The Morgan fingerprint density at radius 1 is 1.56 bits per heavy atom. The minimum Gasteiger partial charge on any atom is -0.465 e. The van der Waals surface area contributed by atoms with Crippen molar-refractivity contribution in [2.24, 2.45) is 17.3 Å². The molecule has 1 aliphatic rings. The Hall–Kier alpha value is -1.30. The van der Waals surface area contributed by atoms with Gasteiger partial charge in [-0.25, -0.2) is 0 Å². The highest BCUT2D eigenvalue weighted by molar-refractivity contribution is 5.78. The van der Waals surface area contributed by atoms with Crippen molar-refractivity contribution in [3.63, 3.8) is 0 Å². The Labute approximate surface area is 97.1 Å². The van der Waals surface area contributed by atoms with Crippen molar-refractivity contribution in [1.82, 2.24) is 0 Å². The van der Waals surface area contributed by atoms with Crippen LogP contribution in [0.3, 0.4) is 0 Å². The van der Waals surface area contributed by atoms with Crippen LogP contribution in [0.15, 0.2) is 11.6 Å². The van der Waals surface area contributed by atoms with E-state index in [-0.39, 0.29) is 23.2 Å². The maximum atomic E-state index is 11.7. The van der Waals surface area contributed by atoms with Gasteiger partial charge in [0.15, 0.2) is 0 Å². The van der Waals surface area contributed by atoms with Gasteiger partial charge in [0.2, 0.25) is 0 Å². The summed E-state index contributed by atoms with van der Waals surface area (Å²) in [4.78, 5) is 11.7. The molecule has 1 aliphatic carbocycles. The summed E-state index contributed by atoms with van der Waals surface area (Å²) < 4.78 is 5.15. The van der Waals surface area contributed by atoms with Gasteiger partial charge in [-0.15, -0.1) is 0 Å². The first-order valence-corrected chi connectivity index (χ1v) is 5.70. The monoisotopic (exact) mass is 221 g/mol. The number of carbonyl (C=O) groups is 1. The molecule has 1 fully saturated rings. The van der Waals surface area contributed by atoms with E-state index in [1.807, 2.05) is 26.8 Å². The number of hydrogen-bond donors (Lipinski definition) is 0. The summed E-state index contributed by atoms with van der Waals surface area (Å²) in [6.45, 7) is 8.30. The molecule has 1 saturated carbocycles. The zero-order valence-corrected chi connectivity index (χ0v) is 10.4. The number of carbonyl (C=O) groups excluding carboxylic acids is 1. The minimum absolute atomic E-state index is 0.0665. The number of hydrogen-bond acceptors (Lipinski definition) is 3. The van der Waals surface area contributed by atoms with E-state index >= 15 is 0 Å². The fourth-order valence-electron chi connectivity index (χ4n) is 2.04. The summed E-state index contributed by atoms with van der Waals surface area (Å²) in [6, 6.07) is 2.09. The third-order valence-electron chi connectivity index (χ3n) is 3.22. The van der Waals surface area contributed by atoms with Crippen molar-refractivity contribution >= 4 is 5.97 Å². The number of nitrogens with zero attached hydrogens (tertiary/aromatic N) is 1. The highest BCUT2D eigenvalue weighted by Crippen LogP contribution is 2.59. The van der Waals surface area contributed by atoms with Crippen molar-refractivity contribution in [3.8, 4) is 6.07 Å². The van der Waals surface area contributed by atoms with E-state index in [0.29, 0.717) is 12.2 Å². The summed E-state index contributed by atoms with van der Waals surface area (Å²) in [5.74, 6) is -0.0577. The highest BCUT2D eigenvalue weighted by atomic mass is 16.5. The number of allylic oxidation sites excluding steroid dienone is 2. The van der Waals surface area contributed by atoms with E-state index in [2.05, 4.69) is 6.07 Å². The Balaban J connectivity index is 2.64. The molecule has 0 aromatic carbocycles. The topological polar surface area (TPSA) is 50.1 Å². The van der Waals surface area contributed by atoms with E-state index in [0.717, 1.165) is 6.42 Å².